The zero-order valence-corrected chi connectivity index (χ0v) is 14.0. The van der Waals surface area contributed by atoms with Crippen LogP contribution in [0, 0.1) is 5.82 Å². The number of furan rings is 1. The van der Waals surface area contributed by atoms with Gasteiger partial charge in [0.15, 0.2) is 17.3 Å². The van der Waals surface area contributed by atoms with Crippen LogP contribution in [0.2, 0.25) is 0 Å². The highest BCUT2D eigenvalue weighted by atomic mass is 19.1. The molecule has 1 atom stereocenters. The van der Waals surface area contributed by atoms with Gasteiger partial charge in [-0.25, -0.2) is 4.39 Å². The third kappa shape index (κ3) is 3.02. The fourth-order valence-electron chi connectivity index (χ4n) is 3.52. The summed E-state index contributed by atoms with van der Waals surface area (Å²) in [4.78, 5) is 14.3. The van der Waals surface area contributed by atoms with Gasteiger partial charge in [-0.1, -0.05) is 0 Å². The Morgan fingerprint density at radius 2 is 2.04 bits per heavy atom. The quantitative estimate of drug-likeness (QED) is 0.929. The van der Waals surface area contributed by atoms with E-state index >= 15 is 0 Å². The maximum absolute atomic E-state index is 14.3. The van der Waals surface area contributed by atoms with E-state index in [4.69, 9.17) is 14.9 Å². The highest BCUT2D eigenvalue weighted by Crippen LogP contribution is 2.36. The summed E-state index contributed by atoms with van der Waals surface area (Å²) in [5.41, 5.74) is 7.00. The molecule has 1 fully saturated rings. The molecule has 2 N–H and O–H groups in total. The van der Waals surface area contributed by atoms with E-state index < -0.39 is 5.82 Å². The predicted molar refractivity (Wildman–Crippen MR) is 91.0 cm³/mol. The van der Waals surface area contributed by atoms with Crippen LogP contribution >= 0.6 is 0 Å². The molecule has 1 saturated heterocycles. The third-order valence-corrected chi connectivity index (χ3v) is 4.86. The van der Waals surface area contributed by atoms with E-state index in [1.54, 1.807) is 12.1 Å². The van der Waals surface area contributed by atoms with Crippen LogP contribution in [-0.2, 0) is 6.42 Å². The van der Waals surface area contributed by atoms with Gasteiger partial charge in [0.2, 0.25) is 0 Å². The molecule has 6 heteroatoms. The smallest absolute Gasteiger partial charge is 0.289 e. The Bertz CT molecular complexity index is 796. The van der Waals surface area contributed by atoms with Crippen molar-refractivity contribution < 1.29 is 18.3 Å². The first-order chi connectivity index (χ1) is 12.2. The van der Waals surface area contributed by atoms with Gasteiger partial charge < -0.3 is 19.8 Å². The number of halogens is 1. The van der Waals surface area contributed by atoms with Crippen molar-refractivity contribution in [1.82, 2.24) is 4.90 Å². The first-order valence-corrected chi connectivity index (χ1v) is 8.74. The average molecular weight is 344 g/mol. The summed E-state index contributed by atoms with van der Waals surface area (Å²) in [6.07, 6.45) is 3.60. The molecule has 1 amide bonds. The minimum absolute atomic E-state index is 0.0980. The molecule has 25 heavy (non-hydrogen) atoms. The first kappa shape index (κ1) is 16.1. The van der Waals surface area contributed by atoms with Gasteiger partial charge in [0.1, 0.15) is 11.9 Å². The van der Waals surface area contributed by atoms with Crippen LogP contribution in [0.15, 0.2) is 28.7 Å². The van der Waals surface area contributed by atoms with Gasteiger partial charge in [0.05, 0.1) is 0 Å². The van der Waals surface area contributed by atoms with E-state index in [-0.39, 0.29) is 17.8 Å². The van der Waals surface area contributed by atoms with Crippen molar-refractivity contribution in [2.75, 3.05) is 19.6 Å². The number of amides is 1. The number of likely N-dealkylation sites (tertiary alicyclic amines) is 1. The Balaban J connectivity index is 1.58. The minimum atomic E-state index is -0.427. The summed E-state index contributed by atoms with van der Waals surface area (Å²) < 4.78 is 25.6. The van der Waals surface area contributed by atoms with Crippen LogP contribution in [0.4, 0.5) is 4.39 Å². The van der Waals surface area contributed by atoms with Crippen LogP contribution < -0.4 is 10.5 Å². The van der Waals surface area contributed by atoms with Gasteiger partial charge in [-0.3, -0.25) is 4.79 Å². The molecule has 5 nitrogen and oxygen atoms in total. The van der Waals surface area contributed by atoms with Crippen molar-refractivity contribution in [1.29, 1.82) is 0 Å². The average Bonchev–Trinajstić information content (AvgIpc) is 3.29. The SMILES string of the molecule is NC[C@H]1Cc2cc(-c3ccc(C(=O)N4CCCCC4)o3)cc(F)c2O1. The molecule has 0 aliphatic carbocycles. The minimum Gasteiger partial charge on any atom is -0.485 e. The number of fused-ring (bicyclic) bond motifs is 1. The molecule has 0 spiro atoms. The van der Waals surface area contributed by atoms with Gasteiger partial charge in [-0.2, -0.15) is 0 Å². The second-order valence-corrected chi connectivity index (χ2v) is 6.64. The van der Waals surface area contributed by atoms with E-state index in [9.17, 15) is 9.18 Å². The van der Waals surface area contributed by atoms with Crippen LogP contribution in [0.3, 0.4) is 0 Å². The number of carbonyl (C=O) groups excluding carboxylic acids is 1. The molecule has 0 radical (unpaired) electrons. The summed E-state index contributed by atoms with van der Waals surface area (Å²) in [5.74, 6) is 0.533. The third-order valence-electron chi connectivity index (χ3n) is 4.86. The first-order valence-electron chi connectivity index (χ1n) is 8.74. The van der Waals surface area contributed by atoms with E-state index in [2.05, 4.69) is 0 Å². The van der Waals surface area contributed by atoms with Crippen molar-refractivity contribution in [3.05, 3.63) is 41.4 Å². The maximum atomic E-state index is 14.3. The number of hydrogen-bond donors (Lipinski definition) is 1. The molecule has 1 aromatic heterocycles. The van der Waals surface area contributed by atoms with E-state index in [1.165, 1.54) is 6.07 Å². The van der Waals surface area contributed by atoms with Gasteiger partial charge >= 0.3 is 0 Å². The lowest BCUT2D eigenvalue weighted by molar-refractivity contribution is 0.0693. The normalized spacial score (nSPS) is 19.6. The fourth-order valence-corrected chi connectivity index (χ4v) is 3.52. The Hall–Kier alpha value is -2.34. The van der Waals surface area contributed by atoms with Crippen molar-refractivity contribution >= 4 is 5.91 Å². The number of hydrogen-bond acceptors (Lipinski definition) is 4. The van der Waals surface area contributed by atoms with Gasteiger partial charge in [-0.15, -0.1) is 0 Å². The highest BCUT2D eigenvalue weighted by Gasteiger charge is 2.27. The van der Waals surface area contributed by atoms with Gasteiger partial charge in [0, 0.05) is 37.2 Å². The molecule has 0 bridgehead atoms. The number of ether oxygens (including phenoxy) is 1. The molecular weight excluding hydrogens is 323 g/mol. The molecule has 2 aliphatic heterocycles. The number of nitrogens with two attached hydrogens (primary N) is 1. The number of rotatable bonds is 3. The Morgan fingerprint density at radius 3 is 2.80 bits per heavy atom. The van der Waals surface area contributed by atoms with Crippen LogP contribution in [0.25, 0.3) is 11.3 Å². The summed E-state index contributed by atoms with van der Waals surface area (Å²) in [5, 5.41) is 0. The maximum Gasteiger partial charge on any atom is 0.289 e. The molecule has 0 unspecified atom stereocenters. The standard InChI is InChI=1S/C19H21FN2O3/c20-15-10-12(8-13-9-14(11-21)24-18(13)15)16-4-5-17(25-16)19(23)22-6-2-1-3-7-22/h4-5,8,10,14H,1-3,6-7,9,11,21H2/t14-/m1/s1. The Kier molecular flexibility index (Phi) is 4.21. The van der Waals surface area contributed by atoms with Crippen molar-refractivity contribution in [2.45, 2.75) is 31.8 Å². The van der Waals surface area contributed by atoms with Crippen molar-refractivity contribution in [3.63, 3.8) is 0 Å². The fraction of sp³-hybridized carbons (Fsp3) is 0.421. The number of carbonyl (C=O) groups is 1. The second kappa shape index (κ2) is 6.52. The lowest BCUT2D eigenvalue weighted by Gasteiger charge is -2.25. The Morgan fingerprint density at radius 1 is 1.24 bits per heavy atom. The molecule has 3 heterocycles. The molecule has 2 aliphatic rings. The summed E-state index contributed by atoms with van der Waals surface area (Å²) in [6.45, 7) is 1.87. The van der Waals surface area contributed by atoms with Gasteiger partial charge in [0.25, 0.3) is 5.91 Å². The highest BCUT2D eigenvalue weighted by molar-refractivity contribution is 5.92. The molecule has 4 rings (SSSR count). The largest absolute Gasteiger partial charge is 0.485 e. The van der Waals surface area contributed by atoms with E-state index in [1.807, 2.05) is 11.0 Å². The van der Waals surface area contributed by atoms with Crippen LogP contribution in [0.5, 0.6) is 5.75 Å². The summed E-state index contributed by atoms with van der Waals surface area (Å²) >= 11 is 0. The zero-order chi connectivity index (χ0) is 17.4. The van der Waals surface area contributed by atoms with Crippen LogP contribution in [0.1, 0.15) is 35.4 Å². The predicted octanol–water partition coefficient (Wildman–Crippen LogP) is 2.97. The summed E-state index contributed by atoms with van der Waals surface area (Å²) in [7, 11) is 0. The monoisotopic (exact) mass is 344 g/mol. The number of piperidine rings is 1. The lowest BCUT2D eigenvalue weighted by atomic mass is 10.0. The van der Waals surface area contributed by atoms with Crippen LogP contribution in [-0.4, -0.2) is 36.5 Å². The molecule has 132 valence electrons. The van der Waals surface area contributed by atoms with Crippen molar-refractivity contribution in [3.8, 4) is 17.1 Å². The zero-order valence-electron chi connectivity index (χ0n) is 14.0. The Labute approximate surface area is 145 Å². The molecule has 0 saturated carbocycles. The van der Waals surface area contributed by atoms with Gasteiger partial charge in [-0.05, 0) is 43.5 Å². The molecule has 2 aromatic rings. The topological polar surface area (TPSA) is 68.7 Å². The number of nitrogens with zero attached hydrogens (tertiary/aromatic N) is 1. The summed E-state index contributed by atoms with van der Waals surface area (Å²) in [6, 6.07) is 6.61. The molecular formula is C19H21FN2O3. The number of benzene rings is 1. The molecule has 1 aromatic carbocycles. The van der Waals surface area contributed by atoms with Crippen molar-refractivity contribution in [2.24, 2.45) is 5.73 Å². The van der Waals surface area contributed by atoms with E-state index in [0.29, 0.717) is 30.0 Å². The lowest BCUT2D eigenvalue weighted by Crippen LogP contribution is -2.35. The second-order valence-electron chi connectivity index (χ2n) is 6.64. The van der Waals surface area contributed by atoms with E-state index in [0.717, 1.165) is 37.9 Å².